The van der Waals surface area contributed by atoms with Gasteiger partial charge >= 0.3 is 0 Å². The van der Waals surface area contributed by atoms with Gasteiger partial charge in [0.25, 0.3) is 0 Å². The molecule has 0 aliphatic rings. The van der Waals surface area contributed by atoms with Crippen LogP contribution in [0, 0.1) is 13.8 Å². The van der Waals surface area contributed by atoms with E-state index in [-0.39, 0.29) is 5.91 Å². The second-order valence-electron chi connectivity index (χ2n) is 5.41. The maximum Gasteiger partial charge on any atom is 0.247 e. The molecule has 5 nitrogen and oxygen atoms in total. The number of anilines is 1. The van der Waals surface area contributed by atoms with Crippen molar-refractivity contribution in [1.29, 1.82) is 0 Å². The number of hydrogen-bond acceptors (Lipinski definition) is 4. The van der Waals surface area contributed by atoms with E-state index >= 15 is 0 Å². The number of benzene rings is 2. The van der Waals surface area contributed by atoms with Gasteiger partial charge in [0.05, 0.1) is 6.42 Å². The standard InChI is InChI=1S/C18H17N3O2/c1-12-3-5-14(6-4-12)11-17(22)19-16-9-7-15(8-10-16)18-21-20-13(2)23-18/h3-10H,11H2,1-2H3,(H,19,22). The normalized spacial score (nSPS) is 10.5. The first-order valence-corrected chi connectivity index (χ1v) is 7.36. The molecule has 0 aliphatic carbocycles. The summed E-state index contributed by atoms with van der Waals surface area (Å²) in [4.78, 5) is 12.1. The fourth-order valence-corrected chi connectivity index (χ4v) is 2.21. The average molecular weight is 307 g/mol. The lowest BCUT2D eigenvalue weighted by Gasteiger charge is -2.06. The maximum absolute atomic E-state index is 12.1. The number of carbonyl (C=O) groups excluding carboxylic acids is 1. The van der Waals surface area contributed by atoms with Crippen molar-refractivity contribution >= 4 is 11.6 Å². The van der Waals surface area contributed by atoms with Crippen molar-refractivity contribution in [2.24, 2.45) is 0 Å². The van der Waals surface area contributed by atoms with Crippen LogP contribution in [-0.4, -0.2) is 16.1 Å². The zero-order valence-corrected chi connectivity index (χ0v) is 13.0. The van der Waals surface area contributed by atoms with Gasteiger partial charge in [0, 0.05) is 18.2 Å². The van der Waals surface area contributed by atoms with Gasteiger partial charge < -0.3 is 9.73 Å². The molecule has 3 rings (SSSR count). The summed E-state index contributed by atoms with van der Waals surface area (Å²) in [6.07, 6.45) is 0.352. The highest BCUT2D eigenvalue weighted by Crippen LogP contribution is 2.20. The van der Waals surface area contributed by atoms with E-state index in [1.807, 2.05) is 55.5 Å². The van der Waals surface area contributed by atoms with Crippen LogP contribution in [0.4, 0.5) is 5.69 Å². The zero-order valence-electron chi connectivity index (χ0n) is 13.0. The summed E-state index contributed by atoms with van der Waals surface area (Å²) in [7, 11) is 0. The monoisotopic (exact) mass is 307 g/mol. The summed E-state index contributed by atoms with van der Waals surface area (Å²) in [5, 5.41) is 10.6. The molecule has 0 fully saturated rings. The molecule has 0 atom stereocenters. The molecule has 0 spiro atoms. The van der Waals surface area contributed by atoms with Crippen molar-refractivity contribution in [1.82, 2.24) is 10.2 Å². The molecule has 0 bridgehead atoms. The lowest BCUT2D eigenvalue weighted by atomic mass is 10.1. The summed E-state index contributed by atoms with van der Waals surface area (Å²) >= 11 is 0. The third-order valence-electron chi connectivity index (χ3n) is 3.43. The number of amides is 1. The van der Waals surface area contributed by atoms with Crippen LogP contribution in [-0.2, 0) is 11.2 Å². The number of aryl methyl sites for hydroxylation is 2. The quantitative estimate of drug-likeness (QED) is 0.800. The molecule has 1 N–H and O–H groups in total. The molecular weight excluding hydrogens is 290 g/mol. The van der Waals surface area contributed by atoms with Crippen LogP contribution >= 0.6 is 0 Å². The fraction of sp³-hybridized carbons (Fsp3) is 0.167. The van der Waals surface area contributed by atoms with Crippen LogP contribution in [0.5, 0.6) is 0 Å². The molecule has 1 aromatic heterocycles. The van der Waals surface area contributed by atoms with Gasteiger partial charge in [-0.05, 0) is 36.8 Å². The van der Waals surface area contributed by atoms with Crippen LogP contribution in [0.2, 0.25) is 0 Å². The number of rotatable bonds is 4. The molecule has 3 aromatic rings. The van der Waals surface area contributed by atoms with E-state index in [0.29, 0.717) is 18.2 Å². The first kappa shape index (κ1) is 15.0. The number of hydrogen-bond donors (Lipinski definition) is 1. The summed E-state index contributed by atoms with van der Waals surface area (Å²) < 4.78 is 5.37. The molecule has 23 heavy (non-hydrogen) atoms. The summed E-state index contributed by atoms with van der Waals surface area (Å²) in [6.45, 7) is 3.77. The third-order valence-corrected chi connectivity index (χ3v) is 3.43. The number of nitrogens with one attached hydrogen (secondary N) is 1. The second kappa shape index (κ2) is 6.44. The zero-order chi connectivity index (χ0) is 16.2. The van der Waals surface area contributed by atoms with Gasteiger partial charge in [-0.1, -0.05) is 29.8 Å². The Labute approximate surface area is 134 Å². The van der Waals surface area contributed by atoms with Crippen LogP contribution in [0.3, 0.4) is 0 Å². The highest BCUT2D eigenvalue weighted by atomic mass is 16.4. The van der Waals surface area contributed by atoms with Crippen molar-refractivity contribution in [3.63, 3.8) is 0 Å². The minimum atomic E-state index is -0.0461. The predicted octanol–water partition coefficient (Wildman–Crippen LogP) is 3.53. The molecule has 0 unspecified atom stereocenters. The SMILES string of the molecule is Cc1ccc(CC(=O)Nc2ccc(-c3nnc(C)o3)cc2)cc1. The molecule has 0 saturated heterocycles. The number of carbonyl (C=O) groups is 1. The second-order valence-corrected chi connectivity index (χ2v) is 5.41. The van der Waals surface area contributed by atoms with Gasteiger partial charge in [-0.3, -0.25) is 4.79 Å². The number of aromatic nitrogens is 2. The Kier molecular flexibility index (Phi) is 4.19. The van der Waals surface area contributed by atoms with Crippen molar-refractivity contribution in [3.8, 4) is 11.5 Å². The van der Waals surface area contributed by atoms with E-state index < -0.39 is 0 Å². The molecule has 5 heteroatoms. The van der Waals surface area contributed by atoms with E-state index in [1.54, 1.807) is 6.92 Å². The third kappa shape index (κ3) is 3.83. The molecule has 0 aliphatic heterocycles. The largest absolute Gasteiger partial charge is 0.421 e. The lowest BCUT2D eigenvalue weighted by Crippen LogP contribution is -2.14. The van der Waals surface area contributed by atoms with E-state index in [2.05, 4.69) is 15.5 Å². The van der Waals surface area contributed by atoms with Gasteiger partial charge in [-0.25, -0.2) is 0 Å². The Morgan fingerprint density at radius 3 is 2.30 bits per heavy atom. The van der Waals surface area contributed by atoms with Crippen LogP contribution in [0.1, 0.15) is 17.0 Å². The van der Waals surface area contributed by atoms with Crippen LogP contribution < -0.4 is 5.32 Å². The average Bonchev–Trinajstić information content (AvgIpc) is 2.97. The van der Waals surface area contributed by atoms with E-state index in [0.717, 1.165) is 16.8 Å². The fourth-order valence-electron chi connectivity index (χ4n) is 2.21. The van der Waals surface area contributed by atoms with E-state index in [9.17, 15) is 4.79 Å². The maximum atomic E-state index is 12.1. The minimum Gasteiger partial charge on any atom is -0.421 e. The molecule has 1 amide bonds. The molecule has 1 heterocycles. The Hall–Kier alpha value is -2.95. The van der Waals surface area contributed by atoms with Crippen molar-refractivity contribution in [2.75, 3.05) is 5.32 Å². The molecule has 0 radical (unpaired) electrons. The first-order chi connectivity index (χ1) is 11.1. The summed E-state index contributed by atoms with van der Waals surface area (Å²) in [5.74, 6) is 0.950. The van der Waals surface area contributed by atoms with Gasteiger partial charge in [0.1, 0.15) is 0 Å². The Morgan fingerprint density at radius 2 is 1.70 bits per heavy atom. The number of nitrogens with zero attached hydrogens (tertiary/aromatic N) is 2. The Balaban J connectivity index is 1.63. The van der Waals surface area contributed by atoms with Gasteiger partial charge in [0.15, 0.2) is 0 Å². The summed E-state index contributed by atoms with van der Waals surface area (Å²) in [5.41, 5.74) is 3.73. The smallest absolute Gasteiger partial charge is 0.247 e. The highest BCUT2D eigenvalue weighted by Gasteiger charge is 2.07. The van der Waals surface area contributed by atoms with E-state index in [1.165, 1.54) is 5.56 Å². The molecule has 2 aromatic carbocycles. The predicted molar refractivity (Wildman–Crippen MR) is 88.0 cm³/mol. The van der Waals surface area contributed by atoms with Crippen molar-refractivity contribution in [3.05, 3.63) is 65.5 Å². The van der Waals surface area contributed by atoms with Crippen molar-refractivity contribution < 1.29 is 9.21 Å². The van der Waals surface area contributed by atoms with Crippen LogP contribution in [0.15, 0.2) is 52.9 Å². The summed E-state index contributed by atoms with van der Waals surface area (Å²) in [6, 6.07) is 15.3. The Bertz CT molecular complexity index is 805. The molecular formula is C18H17N3O2. The van der Waals surface area contributed by atoms with Gasteiger partial charge in [-0.2, -0.15) is 0 Å². The lowest BCUT2D eigenvalue weighted by molar-refractivity contribution is -0.115. The minimum absolute atomic E-state index is 0.0461. The van der Waals surface area contributed by atoms with Crippen molar-refractivity contribution in [2.45, 2.75) is 20.3 Å². The topological polar surface area (TPSA) is 68.0 Å². The van der Waals surface area contributed by atoms with E-state index in [4.69, 9.17) is 4.42 Å². The highest BCUT2D eigenvalue weighted by molar-refractivity contribution is 5.92. The molecule has 116 valence electrons. The Morgan fingerprint density at radius 1 is 1.00 bits per heavy atom. The van der Waals surface area contributed by atoms with Gasteiger partial charge in [-0.15, -0.1) is 10.2 Å². The molecule has 0 saturated carbocycles. The first-order valence-electron chi connectivity index (χ1n) is 7.36. The van der Waals surface area contributed by atoms with Gasteiger partial charge in [0.2, 0.25) is 17.7 Å². The van der Waals surface area contributed by atoms with Crippen LogP contribution in [0.25, 0.3) is 11.5 Å².